The van der Waals surface area contributed by atoms with E-state index in [0.29, 0.717) is 24.0 Å². The molecule has 0 bridgehead atoms. The highest BCUT2D eigenvalue weighted by atomic mass is 16.5. The number of nitrogens with zero attached hydrogens (tertiary/aromatic N) is 2. The summed E-state index contributed by atoms with van der Waals surface area (Å²) >= 11 is 0. The molecule has 0 aliphatic carbocycles. The summed E-state index contributed by atoms with van der Waals surface area (Å²) in [4.78, 5) is 4.02. The van der Waals surface area contributed by atoms with Crippen LogP contribution in [0.3, 0.4) is 0 Å². The van der Waals surface area contributed by atoms with Crippen LogP contribution in [0, 0.1) is 17.2 Å². The van der Waals surface area contributed by atoms with Gasteiger partial charge in [-0.1, -0.05) is 13.8 Å². The summed E-state index contributed by atoms with van der Waals surface area (Å²) in [6.07, 6.45) is 3.77. The van der Waals surface area contributed by atoms with Crippen LogP contribution in [0.5, 0.6) is 5.88 Å². The molecule has 0 fully saturated rings. The standard InChI is InChI=1S/C12H16N2O/c1-10(2)5-4-8-15-12-11(9-13)6-3-7-14-12/h3,6-7,10H,4-5,8H2,1-2H3. The van der Waals surface area contributed by atoms with Crippen LogP contribution in [0.15, 0.2) is 18.3 Å². The van der Waals surface area contributed by atoms with Crippen molar-refractivity contribution in [1.82, 2.24) is 4.98 Å². The lowest BCUT2D eigenvalue weighted by Crippen LogP contribution is -2.02. The van der Waals surface area contributed by atoms with E-state index in [1.54, 1.807) is 18.3 Å². The molecule has 15 heavy (non-hydrogen) atoms. The van der Waals surface area contributed by atoms with Crippen LogP contribution in [0.2, 0.25) is 0 Å². The first kappa shape index (κ1) is 11.5. The van der Waals surface area contributed by atoms with E-state index < -0.39 is 0 Å². The van der Waals surface area contributed by atoms with Crippen molar-refractivity contribution in [3.05, 3.63) is 23.9 Å². The van der Waals surface area contributed by atoms with Gasteiger partial charge in [0.1, 0.15) is 11.6 Å². The van der Waals surface area contributed by atoms with E-state index in [2.05, 4.69) is 24.9 Å². The predicted octanol–water partition coefficient (Wildman–Crippen LogP) is 2.77. The highest BCUT2D eigenvalue weighted by molar-refractivity contribution is 5.36. The van der Waals surface area contributed by atoms with E-state index in [1.165, 1.54) is 0 Å². The Morgan fingerprint density at radius 1 is 1.53 bits per heavy atom. The molecule has 1 aromatic rings. The summed E-state index contributed by atoms with van der Waals surface area (Å²) in [5.41, 5.74) is 0.502. The highest BCUT2D eigenvalue weighted by Gasteiger charge is 2.03. The minimum absolute atomic E-state index is 0.448. The monoisotopic (exact) mass is 204 g/mol. The van der Waals surface area contributed by atoms with Gasteiger partial charge in [-0.25, -0.2) is 4.98 Å². The quantitative estimate of drug-likeness (QED) is 0.693. The first-order chi connectivity index (χ1) is 7.24. The largest absolute Gasteiger partial charge is 0.477 e. The Morgan fingerprint density at radius 2 is 2.33 bits per heavy atom. The van der Waals surface area contributed by atoms with Crippen molar-refractivity contribution < 1.29 is 4.74 Å². The van der Waals surface area contributed by atoms with Crippen LogP contribution >= 0.6 is 0 Å². The second-order valence-corrected chi connectivity index (χ2v) is 3.85. The zero-order valence-electron chi connectivity index (χ0n) is 9.23. The minimum Gasteiger partial charge on any atom is -0.477 e. The van der Waals surface area contributed by atoms with Crippen LogP contribution in [0.25, 0.3) is 0 Å². The van der Waals surface area contributed by atoms with Gasteiger partial charge in [-0.15, -0.1) is 0 Å². The molecule has 3 heteroatoms. The van der Waals surface area contributed by atoms with Crippen molar-refractivity contribution in [3.63, 3.8) is 0 Å². The Morgan fingerprint density at radius 3 is 3.00 bits per heavy atom. The third kappa shape index (κ3) is 3.99. The molecule has 0 unspecified atom stereocenters. The molecule has 0 aliphatic rings. The van der Waals surface area contributed by atoms with Gasteiger partial charge in [0.15, 0.2) is 0 Å². The first-order valence-electron chi connectivity index (χ1n) is 5.22. The number of aromatic nitrogens is 1. The molecule has 0 aliphatic heterocycles. The Kier molecular flexibility index (Phi) is 4.62. The summed E-state index contributed by atoms with van der Waals surface area (Å²) in [5.74, 6) is 1.14. The molecule has 0 radical (unpaired) electrons. The van der Waals surface area contributed by atoms with Crippen LogP contribution in [0.4, 0.5) is 0 Å². The average Bonchev–Trinajstić information content (AvgIpc) is 2.24. The van der Waals surface area contributed by atoms with Crippen LogP contribution in [0.1, 0.15) is 32.3 Å². The molecule has 1 rings (SSSR count). The van der Waals surface area contributed by atoms with Gasteiger partial charge in [0.25, 0.3) is 0 Å². The molecule has 0 amide bonds. The van der Waals surface area contributed by atoms with Gasteiger partial charge in [-0.3, -0.25) is 0 Å². The zero-order valence-corrected chi connectivity index (χ0v) is 9.23. The topological polar surface area (TPSA) is 45.9 Å². The lowest BCUT2D eigenvalue weighted by Gasteiger charge is -2.07. The Bertz CT molecular complexity index is 342. The fourth-order valence-electron chi connectivity index (χ4n) is 1.25. The number of hydrogen-bond donors (Lipinski definition) is 0. The summed E-state index contributed by atoms with van der Waals surface area (Å²) in [6, 6.07) is 5.51. The van der Waals surface area contributed by atoms with Gasteiger partial charge in [0, 0.05) is 6.20 Å². The maximum atomic E-state index is 8.79. The lowest BCUT2D eigenvalue weighted by molar-refractivity contribution is 0.286. The normalized spacial score (nSPS) is 10.0. The summed E-state index contributed by atoms with van der Waals surface area (Å²) < 4.78 is 5.44. The van der Waals surface area contributed by atoms with E-state index in [1.807, 2.05) is 0 Å². The smallest absolute Gasteiger partial charge is 0.231 e. The van der Waals surface area contributed by atoms with Crippen molar-refractivity contribution in [1.29, 1.82) is 5.26 Å². The Balaban J connectivity index is 2.41. The van der Waals surface area contributed by atoms with E-state index in [0.717, 1.165) is 12.8 Å². The van der Waals surface area contributed by atoms with Crippen molar-refractivity contribution in [2.45, 2.75) is 26.7 Å². The minimum atomic E-state index is 0.448. The van der Waals surface area contributed by atoms with E-state index in [-0.39, 0.29) is 0 Å². The third-order valence-electron chi connectivity index (χ3n) is 2.06. The maximum absolute atomic E-state index is 8.79. The highest BCUT2D eigenvalue weighted by Crippen LogP contribution is 2.13. The van der Waals surface area contributed by atoms with Gasteiger partial charge >= 0.3 is 0 Å². The first-order valence-corrected chi connectivity index (χ1v) is 5.22. The van der Waals surface area contributed by atoms with Crippen molar-refractivity contribution in [3.8, 4) is 11.9 Å². The van der Waals surface area contributed by atoms with E-state index in [9.17, 15) is 0 Å². The molecule has 0 aromatic carbocycles. The molecule has 0 atom stereocenters. The van der Waals surface area contributed by atoms with Gasteiger partial charge in [-0.2, -0.15) is 5.26 Å². The predicted molar refractivity (Wildman–Crippen MR) is 58.5 cm³/mol. The molecule has 80 valence electrons. The maximum Gasteiger partial charge on any atom is 0.231 e. The number of nitriles is 1. The number of ether oxygens (including phenoxy) is 1. The number of pyridine rings is 1. The van der Waals surface area contributed by atoms with Gasteiger partial charge in [-0.05, 0) is 30.9 Å². The van der Waals surface area contributed by atoms with Crippen molar-refractivity contribution in [2.24, 2.45) is 5.92 Å². The molecule has 0 saturated heterocycles. The number of hydrogen-bond acceptors (Lipinski definition) is 3. The summed E-state index contributed by atoms with van der Waals surface area (Å²) in [5, 5.41) is 8.79. The van der Waals surface area contributed by atoms with Gasteiger partial charge in [0.2, 0.25) is 5.88 Å². The average molecular weight is 204 g/mol. The Labute approximate surface area is 90.7 Å². The molecule has 1 aromatic heterocycles. The van der Waals surface area contributed by atoms with Crippen LogP contribution in [-0.2, 0) is 0 Å². The second-order valence-electron chi connectivity index (χ2n) is 3.85. The molecule has 0 saturated carbocycles. The van der Waals surface area contributed by atoms with Gasteiger partial charge < -0.3 is 4.74 Å². The fraction of sp³-hybridized carbons (Fsp3) is 0.500. The Hall–Kier alpha value is -1.56. The van der Waals surface area contributed by atoms with Crippen molar-refractivity contribution >= 4 is 0 Å². The number of rotatable bonds is 5. The van der Waals surface area contributed by atoms with Crippen LogP contribution < -0.4 is 4.74 Å². The van der Waals surface area contributed by atoms with Crippen LogP contribution in [-0.4, -0.2) is 11.6 Å². The lowest BCUT2D eigenvalue weighted by atomic mass is 10.1. The SMILES string of the molecule is CC(C)CCCOc1ncccc1C#N. The molecule has 3 nitrogen and oxygen atoms in total. The zero-order chi connectivity index (χ0) is 11.1. The molecular formula is C12H16N2O. The second kappa shape index (κ2) is 6.02. The third-order valence-corrected chi connectivity index (χ3v) is 2.06. The van der Waals surface area contributed by atoms with Crippen molar-refractivity contribution in [2.75, 3.05) is 6.61 Å². The molecule has 1 heterocycles. The van der Waals surface area contributed by atoms with E-state index in [4.69, 9.17) is 10.00 Å². The van der Waals surface area contributed by atoms with Gasteiger partial charge in [0.05, 0.1) is 6.61 Å². The molecule has 0 N–H and O–H groups in total. The summed E-state index contributed by atoms with van der Waals surface area (Å²) in [6.45, 7) is 4.99. The van der Waals surface area contributed by atoms with E-state index >= 15 is 0 Å². The molecular weight excluding hydrogens is 188 g/mol. The summed E-state index contributed by atoms with van der Waals surface area (Å²) in [7, 11) is 0. The molecule has 0 spiro atoms. The fourth-order valence-corrected chi connectivity index (χ4v) is 1.25.